The molecule has 0 amide bonds. The number of hydrogen-bond acceptors (Lipinski definition) is 7. The van der Waals surface area contributed by atoms with E-state index >= 15 is 0 Å². The van der Waals surface area contributed by atoms with Gasteiger partial charge < -0.3 is 21.1 Å². The molecular weight excluding hydrogens is 308 g/mol. The Hall–Kier alpha value is -2.54. The summed E-state index contributed by atoms with van der Waals surface area (Å²) in [5.41, 5.74) is 13.1. The third kappa shape index (κ3) is 4.73. The highest BCUT2D eigenvalue weighted by Gasteiger charge is 2.32. The molecule has 1 rings (SSSR count). The number of Topliss-reactive ketones (excluding diaryl/α,β-unsaturated/α-hetero) is 1. The van der Waals surface area contributed by atoms with Crippen LogP contribution in [0.15, 0.2) is 46.8 Å². The summed E-state index contributed by atoms with van der Waals surface area (Å²) in [6.07, 6.45) is 2.00. The van der Waals surface area contributed by atoms with Crippen LogP contribution in [-0.2, 0) is 14.3 Å². The topological polar surface area (TPSA) is 111 Å². The molecule has 0 bridgehead atoms. The predicted molar refractivity (Wildman–Crippen MR) is 93.0 cm³/mol. The molecule has 7 nitrogen and oxygen atoms in total. The molecule has 0 aromatic carbocycles. The SMILES string of the molecule is C=C(N)O/C=C1/CN(CNC(C)C)C(C=O)=C1C(=O)C(N)=C(C)C. The third-order valence-electron chi connectivity index (χ3n) is 3.44. The summed E-state index contributed by atoms with van der Waals surface area (Å²) in [5.74, 6) is -0.405. The van der Waals surface area contributed by atoms with E-state index in [2.05, 4.69) is 11.9 Å². The Morgan fingerprint density at radius 1 is 1.42 bits per heavy atom. The van der Waals surface area contributed by atoms with E-state index in [0.29, 0.717) is 30.6 Å². The molecule has 1 aliphatic heterocycles. The summed E-state index contributed by atoms with van der Waals surface area (Å²) in [6, 6.07) is 0.230. The number of allylic oxidation sites excluding steroid dienone is 3. The van der Waals surface area contributed by atoms with Crippen molar-refractivity contribution in [2.75, 3.05) is 13.2 Å². The molecule has 0 unspecified atom stereocenters. The Morgan fingerprint density at radius 2 is 2.04 bits per heavy atom. The van der Waals surface area contributed by atoms with Crippen LogP contribution in [0.1, 0.15) is 27.7 Å². The number of nitrogens with one attached hydrogen (secondary N) is 1. The third-order valence-corrected chi connectivity index (χ3v) is 3.44. The van der Waals surface area contributed by atoms with Gasteiger partial charge in [0.25, 0.3) is 0 Å². The summed E-state index contributed by atoms with van der Waals surface area (Å²) in [5, 5.41) is 3.22. The van der Waals surface area contributed by atoms with Crippen LogP contribution in [0.3, 0.4) is 0 Å². The fourth-order valence-electron chi connectivity index (χ4n) is 2.13. The van der Waals surface area contributed by atoms with Gasteiger partial charge in [0.2, 0.25) is 5.78 Å². The summed E-state index contributed by atoms with van der Waals surface area (Å²) in [4.78, 5) is 26.1. The predicted octanol–water partition coefficient (Wildman–Crippen LogP) is 0.863. The van der Waals surface area contributed by atoms with Crippen molar-refractivity contribution in [3.8, 4) is 0 Å². The quantitative estimate of drug-likeness (QED) is 0.343. The Kier molecular flexibility index (Phi) is 6.79. The van der Waals surface area contributed by atoms with Gasteiger partial charge in [-0.15, -0.1) is 0 Å². The smallest absolute Gasteiger partial charge is 0.211 e. The Labute approximate surface area is 142 Å². The molecule has 0 atom stereocenters. The van der Waals surface area contributed by atoms with Gasteiger partial charge in [0.1, 0.15) is 0 Å². The van der Waals surface area contributed by atoms with Gasteiger partial charge in [0.05, 0.1) is 29.9 Å². The second-order valence-electron chi connectivity index (χ2n) is 6.06. The van der Waals surface area contributed by atoms with Crippen molar-refractivity contribution in [3.63, 3.8) is 0 Å². The Balaban J connectivity index is 3.31. The van der Waals surface area contributed by atoms with Gasteiger partial charge in [0, 0.05) is 18.2 Å². The number of aldehydes is 1. The molecule has 0 spiro atoms. The van der Waals surface area contributed by atoms with Crippen LogP contribution in [0.5, 0.6) is 0 Å². The van der Waals surface area contributed by atoms with Crippen molar-refractivity contribution in [1.82, 2.24) is 10.2 Å². The van der Waals surface area contributed by atoms with E-state index in [0.717, 1.165) is 0 Å². The van der Waals surface area contributed by atoms with Crippen LogP contribution < -0.4 is 16.8 Å². The zero-order valence-electron chi connectivity index (χ0n) is 14.7. The second kappa shape index (κ2) is 8.35. The molecule has 0 aliphatic carbocycles. The fraction of sp³-hybridized carbons (Fsp3) is 0.412. The van der Waals surface area contributed by atoms with Crippen molar-refractivity contribution >= 4 is 12.1 Å². The first kappa shape index (κ1) is 19.5. The van der Waals surface area contributed by atoms with Crippen LogP contribution in [0.25, 0.3) is 0 Å². The lowest BCUT2D eigenvalue weighted by molar-refractivity contribution is -0.113. The minimum atomic E-state index is -0.401. The minimum absolute atomic E-state index is 0.00380. The maximum absolute atomic E-state index is 12.7. The van der Waals surface area contributed by atoms with Crippen LogP contribution >= 0.6 is 0 Å². The van der Waals surface area contributed by atoms with E-state index in [4.69, 9.17) is 16.2 Å². The summed E-state index contributed by atoms with van der Waals surface area (Å²) >= 11 is 0. The van der Waals surface area contributed by atoms with E-state index in [9.17, 15) is 9.59 Å². The van der Waals surface area contributed by atoms with E-state index in [1.54, 1.807) is 18.7 Å². The van der Waals surface area contributed by atoms with E-state index in [1.165, 1.54) is 6.26 Å². The van der Waals surface area contributed by atoms with Crippen molar-refractivity contribution in [2.24, 2.45) is 11.5 Å². The molecule has 0 aromatic heterocycles. The molecule has 7 heteroatoms. The van der Waals surface area contributed by atoms with Gasteiger partial charge in [-0.1, -0.05) is 0 Å². The summed E-state index contributed by atoms with van der Waals surface area (Å²) < 4.78 is 5.13. The molecule has 1 aliphatic rings. The highest BCUT2D eigenvalue weighted by molar-refractivity contribution is 6.14. The number of carbonyl (C=O) groups excluding carboxylic acids is 2. The maximum atomic E-state index is 12.7. The minimum Gasteiger partial charge on any atom is -0.450 e. The molecule has 0 aromatic rings. The lowest BCUT2D eigenvalue weighted by Crippen LogP contribution is -2.36. The highest BCUT2D eigenvalue weighted by Crippen LogP contribution is 2.29. The molecule has 0 saturated carbocycles. The molecule has 0 fully saturated rings. The molecule has 0 radical (unpaired) electrons. The van der Waals surface area contributed by atoms with Crippen molar-refractivity contribution in [1.29, 1.82) is 0 Å². The number of rotatable bonds is 8. The van der Waals surface area contributed by atoms with Crippen LogP contribution in [-0.4, -0.2) is 36.2 Å². The van der Waals surface area contributed by atoms with Crippen molar-refractivity contribution in [2.45, 2.75) is 33.7 Å². The largest absolute Gasteiger partial charge is 0.450 e. The number of nitrogens with two attached hydrogens (primary N) is 2. The van der Waals surface area contributed by atoms with Crippen LogP contribution in [0.4, 0.5) is 0 Å². The van der Waals surface area contributed by atoms with Gasteiger partial charge >= 0.3 is 0 Å². The zero-order valence-corrected chi connectivity index (χ0v) is 14.7. The lowest BCUT2D eigenvalue weighted by Gasteiger charge is -2.21. The van der Waals surface area contributed by atoms with E-state index in [1.807, 2.05) is 13.8 Å². The standard InChI is InChI=1S/C17H26N4O3/c1-10(2)16(19)17(23)15-13(8-24-12(5)18)6-21(14(15)7-22)9-20-11(3)4/h7-8,11,20H,5-6,9,18-19H2,1-4H3/b13-8-. The average Bonchev–Trinajstić information content (AvgIpc) is 2.86. The summed E-state index contributed by atoms with van der Waals surface area (Å²) in [7, 11) is 0. The van der Waals surface area contributed by atoms with Gasteiger partial charge in [-0.3, -0.25) is 14.9 Å². The number of nitrogens with zero attached hydrogens (tertiary/aromatic N) is 1. The number of ketones is 1. The Morgan fingerprint density at radius 3 is 2.50 bits per heavy atom. The Bertz CT molecular complexity index is 626. The molecule has 0 saturated heterocycles. The molecule has 5 N–H and O–H groups in total. The first-order valence-corrected chi connectivity index (χ1v) is 7.64. The van der Waals surface area contributed by atoms with Crippen molar-refractivity contribution < 1.29 is 14.3 Å². The number of hydrogen-bond donors (Lipinski definition) is 3. The molecular formula is C17H26N4O3. The van der Waals surface area contributed by atoms with Gasteiger partial charge in [-0.2, -0.15) is 0 Å². The monoisotopic (exact) mass is 334 g/mol. The fourth-order valence-corrected chi connectivity index (χ4v) is 2.13. The van der Waals surface area contributed by atoms with Crippen LogP contribution in [0, 0.1) is 0 Å². The van der Waals surface area contributed by atoms with Gasteiger partial charge in [0.15, 0.2) is 12.2 Å². The van der Waals surface area contributed by atoms with Gasteiger partial charge in [-0.05, 0) is 39.8 Å². The van der Waals surface area contributed by atoms with Crippen LogP contribution in [0.2, 0.25) is 0 Å². The first-order valence-electron chi connectivity index (χ1n) is 7.64. The number of ether oxygens (including phenoxy) is 1. The molecule has 132 valence electrons. The highest BCUT2D eigenvalue weighted by atomic mass is 16.5. The zero-order chi connectivity index (χ0) is 18.4. The van der Waals surface area contributed by atoms with E-state index < -0.39 is 5.78 Å². The lowest BCUT2D eigenvalue weighted by atomic mass is 10.00. The van der Waals surface area contributed by atoms with Crippen molar-refractivity contribution in [3.05, 3.63) is 46.8 Å². The average molecular weight is 334 g/mol. The van der Waals surface area contributed by atoms with Gasteiger partial charge in [-0.25, -0.2) is 0 Å². The maximum Gasteiger partial charge on any atom is 0.211 e. The first-order chi connectivity index (χ1) is 11.2. The molecule has 1 heterocycles. The normalized spacial score (nSPS) is 15.9. The number of carbonyl (C=O) groups is 2. The summed E-state index contributed by atoms with van der Waals surface area (Å²) in [6.45, 7) is 11.7. The second-order valence-corrected chi connectivity index (χ2v) is 6.06. The van der Waals surface area contributed by atoms with E-state index in [-0.39, 0.29) is 28.9 Å². The molecule has 24 heavy (non-hydrogen) atoms.